The summed E-state index contributed by atoms with van der Waals surface area (Å²) in [6.07, 6.45) is 0.695. The Morgan fingerprint density at radius 1 is 1.10 bits per heavy atom. The number of benzene rings is 1. The minimum atomic E-state index is -4.76. The molecule has 1 aromatic carbocycles. The molecule has 0 atom stereocenters. The maximum Gasteiger partial charge on any atom is 0.573 e. The number of hydrogen-bond donors (Lipinski definition) is 2. The monoisotopic (exact) mass is 399 g/mol. The molecule has 148 valence electrons. The number of ether oxygens (including phenoxy) is 1. The van der Waals surface area contributed by atoms with Crippen LogP contribution in [0, 0.1) is 0 Å². The van der Waals surface area contributed by atoms with Crippen molar-refractivity contribution in [2.75, 3.05) is 6.54 Å². The standard InChI is InChI=1S/C21H16F3N3O2/c22-21(23,24)29-19-4-2-1-3-13(19)5-6-15-11-14(7-9-25-15)18-12-16-17(27-18)8-10-26-20(16)28/h1-7,9,11-12,27H,8,10H2,(H,26,28)/b6-5+. The third-order valence-electron chi connectivity index (χ3n) is 4.47. The van der Waals surface area contributed by atoms with Gasteiger partial charge in [-0.25, -0.2) is 0 Å². The summed E-state index contributed by atoms with van der Waals surface area (Å²) in [7, 11) is 0. The van der Waals surface area contributed by atoms with Crippen LogP contribution in [0.15, 0.2) is 48.7 Å². The van der Waals surface area contributed by atoms with Gasteiger partial charge in [0.1, 0.15) is 5.75 Å². The zero-order chi connectivity index (χ0) is 20.4. The van der Waals surface area contributed by atoms with Gasteiger partial charge in [0.2, 0.25) is 0 Å². The molecule has 0 saturated carbocycles. The first-order valence-corrected chi connectivity index (χ1v) is 8.88. The van der Waals surface area contributed by atoms with Gasteiger partial charge in [0.15, 0.2) is 0 Å². The van der Waals surface area contributed by atoms with Gasteiger partial charge in [-0.2, -0.15) is 0 Å². The normalized spacial score (nSPS) is 14.0. The van der Waals surface area contributed by atoms with Crippen molar-refractivity contribution in [3.05, 3.63) is 71.2 Å². The first-order chi connectivity index (χ1) is 13.9. The number of alkyl halides is 3. The molecule has 1 aliphatic heterocycles. The summed E-state index contributed by atoms with van der Waals surface area (Å²) >= 11 is 0. The zero-order valence-electron chi connectivity index (χ0n) is 15.1. The molecule has 3 aromatic rings. The van der Waals surface area contributed by atoms with Crippen molar-refractivity contribution in [2.45, 2.75) is 12.8 Å². The molecule has 1 aliphatic rings. The van der Waals surface area contributed by atoms with E-state index in [1.54, 1.807) is 36.5 Å². The first-order valence-electron chi connectivity index (χ1n) is 8.88. The molecule has 1 amide bonds. The van der Waals surface area contributed by atoms with Gasteiger partial charge in [0, 0.05) is 41.7 Å². The molecular weight excluding hydrogens is 383 g/mol. The number of halogens is 3. The summed E-state index contributed by atoms with van der Waals surface area (Å²) in [6.45, 7) is 0.593. The Kier molecular flexibility index (Phi) is 4.84. The molecule has 29 heavy (non-hydrogen) atoms. The van der Waals surface area contributed by atoms with Crippen LogP contribution in [0.1, 0.15) is 27.3 Å². The lowest BCUT2D eigenvalue weighted by Gasteiger charge is -2.11. The average molecular weight is 399 g/mol. The van der Waals surface area contributed by atoms with Crippen molar-refractivity contribution in [1.29, 1.82) is 0 Å². The molecular formula is C21H16F3N3O2. The maximum absolute atomic E-state index is 12.6. The van der Waals surface area contributed by atoms with Gasteiger partial charge < -0.3 is 15.0 Å². The number of H-pyrrole nitrogens is 1. The van der Waals surface area contributed by atoms with Gasteiger partial charge in [0.25, 0.3) is 5.91 Å². The number of hydrogen-bond acceptors (Lipinski definition) is 3. The Bertz CT molecular complexity index is 1090. The molecule has 2 N–H and O–H groups in total. The van der Waals surface area contributed by atoms with Crippen molar-refractivity contribution >= 4 is 18.1 Å². The summed E-state index contributed by atoms with van der Waals surface area (Å²) in [5.74, 6) is -0.389. The van der Waals surface area contributed by atoms with Crippen molar-refractivity contribution < 1.29 is 22.7 Å². The number of pyridine rings is 1. The molecule has 5 nitrogen and oxygen atoms in total. The van der Waals surface area contributed by atoms with Gasteiger partial charge in [0.05, 0.1) is 11.3 Å². The van der Waals surface area contributed by atoms with Crippen LogP contribution < -0.4 is 10.1 Å². The predicted molar refractivity (Wildman–Crippen MR) is 102 cm³/mol. The van der Waals surface area contributed by atoms with Crippen LogP contribution >= 0.6 is 0 Å². The first kappa shape index (κ1) is 18.8. The highest BCUT2D eigenvalue weighted by Gasteiger charge is 2.31. The van der Waals surface area contributed by atoms with Crippen molar-refractivity contribution in [2.24, 2.45) is 0 Å². The quantitative estimate of drug-likeness (QED) is 0.682. The van der Waals surface area contributed by atoms with E-state index in [4.69, 9.17) is 0 Å². The largest absolute Gasteiger partial charge is 0.573 e. The van der Waals surface area contributed by atoms with E-state index in [-0.39, 0.29) is 17.2 Å². The summed E-state index contributed by atoms with van der Waals surface area (Å²) in [6, 6.07) is 11.3. The van der Waals surface area contributed by atoms with E-state index < -0.39 is 6.36 Å². The molecule has 0 fully saturated rings. The fourth-order valence-electron chi connectivity index (χ4n) is 3.17. The molecule has 0 radical (unpaired) electrons. The van der Waals surface area contributed by atoms with Gasteiger partial charge in [-0.3, -0.25) is 9.78 Å². The van der Waals surface area contributed by atoms with E-state index in [1.165, 1.54) is 24.3 Å². The summed E-state index contributed by atoms with van der Waals surface area (Å²) in [5, 5.41) is 2.80. The second-order valence-electron chi connectivity index (χ2n) is 6.47. The maximum atomic E-state index is 12.6. The number of nitrogens with zero attached hydrogens (tertiary/aromatic N) is 1. The van der Waals surface area contributed by atoms with Crippen LogP contribution in [0.2, 0.25) is 0 Å². The molecule has 2 aromatic heterocycles. The number of fused-ring (bicyclic) bond motifs is 1. The minimum absolute atomic E-state index is 0.107. The van der Waals surface area contributed by atoms with Crippen LogP contribution in [0.3, 0.4) is 0 Å². The van der Waals surface area contributed by atoms with E-state index in [1.807, 2.05) is 0 Å². The van der Waals surface area contributed by atoms with E-state index >= 15 is 0 Å². The second kappa shape index (κ2) is 7.46. The van der Waals surface area contributed by atoms with Crippen LogP contribution in [-0.4, -0.2) is 28.8 Å². The summed E-state index contributed by atoms with van der Waals surface area (Å²) in [4.78, 5) is 19.4. The van der Waals surface area contributed by atoms with Crippen molar-refractivity contribution in [3.8, 4) is 17.0 Å². The highest BCUT2D eigenvalue weighted by Crippen LogP contribution is 2.28. The number of nitrogens with one attached hydrogen (secondary N) is 2. The molecule has 0 bridgehead atoms. The molecule has 0 unspecified atom stereocenters. The number of para-hydroxylation sites is 1. The third kappa shape index (κ3) is 4.31. The second-order valence-corrected chi connectivity index (χ2v) is 6.47. The summed E-state index contributed by atoms with van der Waals surface area (Å²) < 4.78 is 41.7. The molecule has 8 heteroatoms. The SMILES string of the molecule is O=C1NCCc2[nH]c(-c3ccnc(/C=C/c4ccccc4OC(F)(F)F)c3)cc21. The molecule has 3 heterocycles. The Hall–Kier alpha value is -3.55. The minimum Gasteiger partial charge on any atom is -0.405 e. The fourth-order valence-corrected chi connectivity index (χ4v) is 3.17. The molecule has 0 spiro atoms. The molecule has 0 aliphatic carbocycles. The smallest absolute Gasteiger partial charge is 0.405 e. The van der Waals surface area contributed by atoms with Gasteiger partial charge in [-0.15, -0.1) is 13.2 Å². The van der Waals surface area contributed by atoms with Crippen molar-refractivity contribution in [1.82, 2.24) is 15.3 Å². The van der Waals surface area contributed by atoms with Gasteiger partial charge >= 0.3 is 6.36 Å². The Balaban J connectivity index is 1.60. The third-order valence-corrected chi connectivity index (χ3v) is 4.47. The van der Waals surface area contributed by atoms with Gasteiger partial charge in [-0.1, -0.05) is 18.2 Å². The van der Waals surface area contributed by atoms with Crippen LogP contribution in [0.25, 0.3) is 23.4 Å². The number of amides is 1. The van der Waals surface area contributed by atoms with Crippen LogP contribution in [0.5, 0.6) is 5.75 Å². The van der Waals surface area contributed by atoms with Gasteiger partial charge in [-0.05, 0) is 36.4 Å². The van der Waals surface area contributed by atoms with Crippen LogP contribution in [-0.2, 0) is 6.42 Å². The highest BCUT2D eigenvalue weighted by atomic mass is 19.4. The zero-order valence-corrected chi connectivity index (χ0v) is 15.1. The number of aromatic amines is 1. The molecule has 4 rings (SSSR count). The van der Waals surface area contributed by atoms with Crippen LogP contribution in [0.4, 0.5) is 13.2 Å². The topological polar surface area (TPSA) is 67.0 Å². The fraction of sp³-hybridized carbons (Fsp3) is 0.143. The number of carbonyl (C=O) groups is 1. The van der Waals surface area contributed by atoms with E-state index in [0.717, 1.165) is 23.4 Å². The van der Waals surface area contributed by atoms with Crippen molar-refractivity contribution in [3.63, 3.8) is 0 Å². The lowest BCUT2D eigenvalue weighted by atomic mass is 10.1. The van der Waals surface area contributed by atoms with E-state index in [2.05, 4.69) is 20.0 Å². The Morgan fingerprint density at radius 3 is 2.72 bits per heavy atom. The van der Waals surface area contributed by atoms with E-state index in [9.17, 15) is 18.0 Å². The Morgan fingerprint density at radius 2 is 1.93 bits per heavy atom. The predicted octanol–water partition coefficient (Wildman–Crippen LogP) is 4.43. The highest BCUT2D eigenvalue weighted by molar-refractivity contribution is 5.97. The summed E-state index contributed by atoms with van der Waals surface area (Å²) in [5.41, 5.74) is 3.95. The Labute approximate surface area is 164 Å². The number of rotatable bonds is 4. The lowest BCUT2D eigenvalue weighted by molar-refractivity contribution is -0.274. The molecule has 0 saturated heterocycles. The lowest BCUT2D eigenvalue weighted by Crippen LogP contribution is -2.31. The van der Waals surface area contributed by atoms with E-state index in [0.29, 0.717) is 17.8 Å². The number of carbonyl (C=O) groups excluding carboxylic acids is 1. The number of aromatic nitrogens is 2. The average Bonchev–Trinajstić information content (AvgIpc) is 3.12.